The minimum absolute atomic E-state index is 0.366. The van der Waals surface area contributed by atoms with E-state index in [1.165, 1.54) is 23.1 Å². The Labute approximate surface area is 122 Å². The molecule has 1 N–H and O–H groups in total. The molecule has 2 rings (SSSR count). The van der Waals surface area contributed by atoms with Crippen LogP contribution in [0.25, 0.3) is 10.9 Å². The topological polar surface area (TPSA) is 24.9 Å². The second-order valence-corrected chi connectivity index (χ2v) is 5.96. The van der Waals surface area contributed by atoms with E-state index in [1.807, 2.05) is 0 Å². The number of para-hydroxylation sites is 1. The second-order valence-electron chi connectivity index (χ2n) is 5.96. The highest BCUT2D eigenvalue weighted by atomic mass is 14.9. The van der Waals surface area contributed by atoms with Crippen molar-refractivity contribution in [1.29, 1.82) is 0 Å². The van der Waals surface area contributed by atoms with Gasteiger partial charge in [-0.1, -0.05) is 39.0 Å². The smallest absolute Gasteiger partial charge is 0.0708 e. The molecule has 2 nitrogen and oxygen atoms in total. The van der Waals surface area contributed by atoms with E-state index in [1.54, 1.807) is 0 Å². The van der Waals surface area contributed by atoms with Crippen molar-refractivity contribution in [2.24, 2.45) is 5.92 Å². The molecule has 0 amide bonds. The average molecular weight is 270 g/mol. The predicted octanol–water partition coefficient (Wildman–Crippen LogP) is 4.63. The molecule has 0 bridgehead atoms. The monoisotopic (exact) mass is 270 g/mol. The van der Waals surface area contributed by atoms with Crippen LogP contribution in [-0.2, 0) is 0 Å². The summed E-state index contributed by atoms with van der Waals surface area (Å²) < 4.78 is 0. The van der Waals surface area contributed by atoms with Crippen molar-refractivity contribution >= 4 is 10.9 Å². The van der Waals surface area contributed by atoms with Gasteiger partial charge in [0.1, 0.15) is 0 Å². The van der Waals surface area contributed by atoms with Gasteiger partial charge >= 0.3 is 0 Å². The van der Waals surface area contributed by atoms with E-state index in [9.17, 15) is 0 Å². The summed E-state index contributed by atoms with van der Waals surface area (Å²) >= 11 is 0. The first-order valence-corrected chi connectivity index (χ1v) is 7.71. The van der Waals surface area contributed by atoms with Crippen LogP contribution in [0, 0.1) is 12.8 Å². The van der Waals surface area contributed by atoms with E-state index in [0.717, 1.165) is 24.4 Å². The Bertz CT molecular complexity index is 560. The molecule has 1 atom stereocenters. The van der Waals surface area contributed by atoms with Crippen LogP contribution in [0.1, 0.15) is 50.9 Å². The lowest BCUT2D eigenvalue weighted by Gasteiger charge is -2.19. The third-order valence-electron chi connectivity index (χ3n) is 3.78. The lowest BCUT2D eigenvalue weighted by molar-refractivity contribution is 0.442. The largest absolute Gasteiger partial charge is 0.309 e. The van der Waals surface area contributed by atoms with E-state index in [0.29, 0.717) is 6.04 Å². The molecule has 0 saturated heterocycles. The maximum absolute atomic E-state index is 4.87. The molecule has 0 saturated carbocycles. The Morgan fingerprint density at radius 1 is 1.15 bits per heavy atom. The lowest BCUT2D eigenvalue weighted by Crippen LogP contribution is -2.22. The quantitative estimate of drug-likeness (QED) is 0.827. The zero-order valence-electron chi connectivity index (χ0n) is 13.1. The highest BCUT2D eigenvalue weighted by molar-refractivity contribution is 5.82. The third kappa shape index (κ3) is 3.57. The van der Waals surface area contributed by atoms with Crippen LogP contribution in [0.2, 0.25) is 0 Å². The van der Waals surface area contributed by atoms with Crippen molar-refractivity contribution in [1.82, 2.24) is 10.3 Å². The third-order valence-corrected chi connectivity index (χ3v) is 3.78. The van der Waals surface area contributed by atoms with Gasteiger partial charge in [0.05, 0.1) is 11.2 Å². The molecule has 1 aromatic heterocycles. The van der Waals surface area contributed by atoms with Crippen LogP contribution in [0.3, 0.4) is 0 Å². The van der Waals surface area contributed by atoms with E-state index in [-0.39, 0.29) is 0 Å². The first-order valence-electron chi connectivity index (χ1n) is 7.71. The fourth-order valence-corrected chi connectivity index (χ4v) is 2.65. The molecule has 0 aliphatic carbocycles. The van der Waals surface area contributed by atoms with Gasteiger partial charge < -0.3 is 5.32 Å². The van der Waals surface area contributed by atoms with Crippen molar-refractivity contribution in [3.05, 3.63) is 41.6 Å². The van der Waals surface area contributed by atoms with Crippen molar-refractivity contribution in [3.63, 3.8) is 0 Å². The molecule has 108 valence electrons. The molecular formula is C18H26N2. The molecule has 1 unspecified atom stereocenters. The summed E-state index contributed by atoms with van der Waals surface area (Å²) in [5.74, 6) is 0.734. The number of hydrogen-bond acceptors (Lipinski definition) is 2. The van der Waals surface area contributed by atoms with Crippen LogP contribution >= 0.6 is 0 Å². The van der Waals surface area contributed by atoms with E-state index >= 15 is 0 Å². The minimum atomic E-state index is 0.366. The summed E-state index contributed by atoms with van der Waals surface area (Å²) in [6.07, 6.45) is 2.38. The first-order chi connectivity index (χ1) is 9.61. The standard InChI is InChI=1S/C18H26N2/c1-5-19-17(11-10-13(2)3)18-12-14(4)15-8-6-7-9-16(15)20-18/h6-9,12-13,17,19H,5,10-11H2,1-4H3. The Balaban J connectivity index is 2.32. The fourth-order valence-electron chi connectivity index (χ4n) is 2.65. The first kappa shape index (κ1) is 15.0. The number of fused-ring (bicyclic) bond motifs is 1. The summed E-state index contributed by atoms with van der Waals surface area (Å²) in [7, 11) is 0. The molecule has 2 heteroatoms. The van der Waals surface area contributed by atoms with Gasteiger partial charge in [0.2, 0.25) is 0 Å². The summed E-state index contributed by atoms with van der Waals surface area (Å²) in [6.45, 7) is 9.88. The van der Waals surface area contributed by atoms with Gasteiger partial charge in [0, 0.05) is 11.4 Å². The Hall–Kier alpha value is -1.41. The highest BCUT2D eigenvalue weighted by Crippen LogP contribution is 2.24. The Morgan fingerprint density at radius 3 is 2.60 bits per heavy atom. The van der Waals surface area contributed by atoms with Gasteiger partial charge in [0.25, 0.3) is 0 Å². The number of nitrogens with zero attached hydrogens (tertiary/aromatic N) is 1. The number of rotatable bonds is 6. The van der Waals surface area contributed by atoms with E-state index < -0.39 is 0 Å². The molecular weight excluding hydrogens is 244 g/mol. The average Bonchev–Trinajstić information content (AvgIpc) is 2.43. The summed E-state index contributed by atoms with van der Waals surface area (Å²) in [6, 6.07) is 11.0. The molecule has 2 aromatic rings. The van der Waals surface area contributed by atoms with Gasteiger partial charge in [-0.3, -0.25) is 4.98 Å². The van der Waals surface area contributed by atoms with Crippen molar-refractivity contribution < 1.29 is 0 Å². The predicted molar refractivity (Wildman–Crippen MR) is 87.0 cm³/mol. The number of nitrogens with one attached hydrogen (secondary N) is 1. The number of aromatic nitrogens is 1. The van der Waals surface area contributed by atoms with Crippen LogP contribution < -0.4 is 5.32 Å². The zero-order valence-corrected chi connectivity index (χ0v) is 13.1. The van der Waals surface area contributed by atoms with Crippen LogP contribution in [0.4, 0.5) is 0 Å². The van der Waals surface area contributed by atoms with Crippen LogP contribution in [0.5, 0.6) is 0 Å². The van der Waals surface area contributed by atoms with Crippen LogP contribution in [0.15, 0.2) is 30.3 Å². The van der Waals surface area contributed by atoms with Crippen molar-refractivity contribution in [2.45, 2.75) is 46.6 Å². The van der Waals surface area contributed by atoms with Gasteiger partial charge in [-0.05, 0) is 49.9 Å². The van der Waals surface area contributed by atoms with E-state index in [4.69, 9.17) is 4.98 Å². The zero-order chi connectivity index (χ0) is 14.5. The molecule has 0 aliphatic heterocycles. The summed E-state index contributed by atoms with van der Waals surface area (Å²) in [5.41, 5.74) is 3.61. The normalized spacial score (nSPS) is 13.1. The molecule has 1 aromatic carbocycles. The Kier molecular flexibility index (Phi) is 5.13. The lowest BCUT2D eigenvalue weighted by atomic mass is 9.99. The molecule has 20 heavy (non-hydrogen) atoms. The summed E-state index contributed by atoms with van der Waals surface area (Å²) in [4.78, 5) is 4.87. The number of hydrogen-bond donors (Lipinski definition) is 1. The minimum Gasteiger partial charge on any atom is -0.309 e. The molecule has 0 fully saturated rings. The van der Waals surface area contributed by atoms with Gasteiger partial charge in [-0.25, -0.2) is 0 Å². The highest BCUT2D eigenvalue weighted by Gasteiger charge is 2.14. The second kappa shape index (κ2) is 6.85. The van der Waals surface area contributed by atoms with Gasteiger partial charge in [-0.2, -0.15) is 0 Å². The molecule has 0 spiro atoms. The maximum atomic E-state index is 4.87. The Morgan fingerprint density at radius 2 is 1.90 bits per heavy atom. The van der Waals surface area contributed by atoms with Crippen LogP contribution in [-0.4, -0.2) is 11.5 Å². The van der Waals surface area contributed by atoms with Crippen molar-refractivity contribution in [3.8, 4) is 0 Å². The SMILES string of the molecule is CCNC(CCC(C)C)c1cc(C)c2ccccc2n1. The fraction of sp³-hybridized carbons (Fsp3) is 0.500. The molecule has 0 radical (unpaired) electrons. The number of aryl methyl sites for hydroxylation is 1. The van der Waals surface area contributed by atoms with E-state index in [2.05, 4.69) is 63.3 Å². The molecule has 0 aliphatic rings. The number of benzene rings is 1. The van der Waals surface area contributed by atoms with Gasteiger partial charge in [-0.15, -0.1) is 0 Å². The van der Waals surface area contributed by atoms with Gasteiger partial charge in [0.15, 0.2) is 0 Å². The molecule has 1 heterocycles. The summed E-state index contributed by atoms with van der Waals surface area (Å²) in [5, 5.41) is 4.84. The maximum Gasteiger partial charge on any atom is 0.0708 e. The van der Waals surface area contributed by atoms with Crippen molar-refractivity contribution in [2.75, 3.05) is 6.54 Å². The number of pyridine rings is 1.